The van der Waals surface area contributed by atoms with Crippen LogP contribution in [0.15, 0.2) is 21.3 Å². The number of ether oxygens (including phenoxy) is 2. The molecule has 1 N–H and O–H groups in total. The normalized spacial score (nSPS) is 16.6. The molecule has 144 valence electrons. The van der Waals surface area contributed by atoms with E-state index in [4.69, 9.17) is 13.9 Å². The molecule has 0 spiro atoms. The van der Waals surface area contributed by atoms with Crippen LogP contribution in [0.3, 0.4) is 0 Å². The third-order valence-corrected chi connectivity index (χ3v) is 4.98. The first-order chi connectivity index (χ1) is 12.9. The molecule has 8 heteroatoms. The van der Waals surface area contributed by atoms with Crippen LogP contribution in [-0.2, 0) is 16.0 Å². The largest absolute Gasteiger partial charge is 0.493 e. The smallest absolute Gasteiger partial charge is 0.340 e. The molecule has 2 heterocycles. The van der Waals surface area contributed by atoms with Gasteiger partial charge >= 0.3 is 11.6 Å². The van der Waals surface area contributed by atoms with E-state index in [1.807, 2.05) is 0 Å². The van der Waals surface area contributed by atoms with E-state index in [0.29, 0.717) is 41.8 Å². The molecule has 1 aliphatic heterocycles. The number of amides is 1. The van der Waals surface area contributed by atoms with Gasteiger partial charge < -0.3 is 23.9 Å². The summed E-state index contributed by atoms with van der Waals surface area (Å²) in [6.45, 7) is 2.10. The zero-order valence-electron chi connectivity index (χ0n) is 15.4. The van der Waals surface area contributed by atoms with Gasteiger partial charge in [-0.2, -0.15) is 0 Å². The van der Waals surface area contributed by atoms with Gasteiger partial charge in [0.25, 0.3) is 0 Å². The second-order valence-electron chi connectivity index (χ2n) is 6.43. The Morgan fingerprint density at radius 3 is 2.67 bits per heavy atom. The Hall–Kier alpha value is -3.03. The summed E-state index contributed by atoms with van der Waals surface area (Å²) in [5.41, 5.74) is 0.420. The molecule has 3 rings (SSSR count). The van der Waals surface area contributed by atoms with E-state index in [9.17, 15) is 19.5 Å². The van der Waals surface area contributed by atoms with Gasteiger partial charge in [0.2, 0.25) is 11.7 Å². The molecule has 0 radical (unpaired) electrons. The third-order valence-electron chi connectivity index (χ3n) is 4.98. The molecule has 1 atom stereocenters. The summed E-state index contributed by atoms with van der Waals surface area (Å²) in [7, 11) is 2.93. The number of likely N-dealkylation sites (tertiary alicyclic amines) is 1. The van der Waals surface area contributed by atoms with Crippen LogP contribution in [0.4, 0.5) is 0 Å². The highest BCUT2D eigenvalue weighted by Crippen LogP contribution is 2.36. The highest BCUT2D eigenvalue weighted by Gasteiger charge is 2.34. The van der Waals surface area contributed by atoms with Crippen molar-refractivity contribution in [1.29, 1.82) is 0 Å². The minimum Gasteiger partial charge on any atom is -0.493 e. The monoisotopic (exact) mass is 375 g/mol. The molecule has 1 amide bonds. The number of hydrogen-bond donors (Lipinski definition) is 1. The van der Waals surface area contributed by atoms with Crippen molar-refractivity contribution in [2.45, 2.75) is 32.2 Å². The highest BCUT2D eigenvalue weighted by molar-refractivity contribution is 5.90. The van der Waals surface area contributed by atoms with E-state index in [1.54, 1.807) is 19.1 Å². The first-order valence-electron chi connectivity index (χ1n) is 8.58. The number of carbonyl (C=O) groups excluding carboxylic acids is 1. The van der Waals surface area contributed by atoms with Crippen LogP contribution >= 0.6 is 0 Å². The van der Waals surface area contributed by atoms with Crippen LogP contribution in [-0.4, -0.2) is 48.7 Å². The number of carboxylic acid groups (broad SMARTS) is 1. The maximum atomic E-state index is 12.6. The van der Waals surface area contributed by atoms with Gasteiger partial charge in [0.1, 0.15) is 6.04 Å². The van der Waals surface area contributed by atoms with Crippen LogP contribution in [0.1, 0.15) is 24.0 Å². The van der Waals surface area contributed by atoms with Crippen LogP contribution < -0.4 is 15.1 Å². The lowest BCUT2D eigenvalue weighted by atomic mass is 10.0. The van der Waals surface area contributed by atoms with Crippen molar-refractivity contribution in [2.24, 2.45) is 0 Å². The number of nitrogens with zero attached hydrogens (tertiary/aromatic N) is 1. The highest BCUT2D eigenvalue weighted by atomic mass is 16.5. The second-order valence-corrected chi connectivity index (χ2v) is 6.43. The van der Waals surface area contributed by atoms with Gasteiger partial charge in [0.05, 0.1) is 26.2 Å². The molecular formula is C19H21NO7. The Kier molecular flexibility index (Phi) is 5.07. The minimum absolute atomic E-state index is 0.206. The van der Waals surface area contributed by atoms with Crippen molar-refractivity contribution in [1.82, 2.24) is 4.90 Å². The molecule has 0 saturated carbocycles. The number of aliphatic carboxylic acids is 1. The lowest BCUT2D eigenvalue weighted by Crippen LogP contribution is -2.41. The summed E-state index contributed by atoms with van der Waals surface area (Å²) in [6, 6.07) is 2.59. The Bertz CT molecular complexity index is 963. The first-order valence-corrected chi connectivity index (χ1v) is 8.58. The van der Waals surface area contributed by atoms with Crippen LogP contribution in [0.25, 0.3) is 11.0 Å². The third kappa shape index (κ3) is 3.22. The summed E-state index contributed by atoms with van der Waals surface area (Å²) in [4.78, 5) is 37.8. The summed E-state index contributed by atoms with van der Waals surface area (Å²) < 4.78 is 15.9. The molecule has 8 nitrogen and oxygen atoms in total. The van der Waals surface area contributed by atoms with Gasteiger partial charge in [-0.15, -0.1) is 0 Å². The molecule has 2 aromatic rings. The number of aryl methyl sites for hydroxylation is 1. The fraction of sp³-hybridized carbons (Fsp3) is 0.421. The predicted molar refractivity (Wildman–Crippen MR) is 96.4 cm³/mol. The molecule has 1 saturated heterocycles. The number of hydrogen-bond acceptors (Lipinski definition) is 6. The SMILES string of the molecule is COc1ccc2c(C)c(CC(=O)N3CCC[C@H]3C(=O)O)c(=O)oc2c1OC. The van der Waals surface area contributed by atoms with Gasteiger partial charge in [-0.25, -0.2) is 9.59 Å². The quantitative estimate of drug-likeness (QED) is 0.793. The minimum atomic E-state index is -1.03. The maximum absolute atomic E-state index is 12.6. The number of fused-ring (bicyclic) bond motifs is 1. The number of carbonyl (C=O) groups is 2. The predicted octanol–water partition coefficient (Wildman–Crippen LogP) is 1.74. The topological polar surface area (TPSA) is 106 Å². The zero-order valence-corrected chi connectivity index (χ0v) is 15.4. The Balaban J connectivity index is 2.02. The second kappa shape index (κ2) is 7.30. The molecule has 0 aliphatic carbocycles. The fourth-order valence-corrected chi connectivity index (χ4v) is 3.54. The van der Waals surface area contributed by atoms with Crippen molar-refractivity contribution >= 4 is 22.8 Å². The lowest BCUT2D eigenvalue weighted by molar-refractivity contribution is -0.148. The van der Waals surface area contributed by atoms with Crippen molar-refractivity contribution in [3.05, 3.63) is 33.7 Å². The Morgan fingerprint density at radius 2 is 2.04 bits per heavy atom. The molecule has 1 aromatic heterocycles. The van der Waals surface area contributed by atoms with Crippen molar-refractivity contribution in [3.63, 3.8) is 0 Å². The van der Waals surface area contributed by atoms with Crippen LogP contribution in [0, 0.1) is 6.92 Å². The number of benzene rings is 1. The van der Waals surface area contributed by atoms with Crippen molar-refractivity contribution in [2.75, 3.05) is 20.8 Å². The van der Waals surface area contributed by atoms with Crippen molar-refractivity contribution in [3.8, 4) is 11.5 Å². The summed E-state index contributed by atoms with van der Waals surface area (Å²) in [5.74, 6) is -0.689. The summed E-state index contributed by atoms with van der Waals surface area (Å²) in [5, 5.41) is 9.89. The molecular weight excluding hydrogens is 354 g/mol. The van der Waals surface area contributed by atoms with Gasteiger partial charge in [-0.3, -0.25) is 4.79 Å². The average molecular weight is 375 g/mol. The van der Waals surface area contributed by atoms with E-state index >= 15 is 0 Å². The lowest BCUT2D eigenvalue weighted by Gasteiger charge is -2.21. The summed E-state index contributed by atoms with van der Waals surface area (Å²) >= 11 is 0. The fourth-order valence-electron chi connectivity index (χ4n) is 3.54. The Morgan fingerprint density at radius 1 is 1.30 bits per heavy atom. The Labute approximate surface area is 155 Å². The van der Waals surface area contributed by atoms with Gasteiger partial charge in [-0.05, 0) is 37.5 Å². The number of rotatable bonds is 5. The van der Waals surface area contributed by atoms with Crippen LogP contribution in [0.2, 0.25) is 0 Å². The van der Waals surface area contributed by atoms with Crippen molar-refractivity contribution < 1.29 is 28.6 Å². The maximum Gasteiger partial charge on any atom is 0.340 e. The average Bonchev–Trinajstić information content (AvgIpc) is 3.14. The molecule has 27 heavy (non-hydrogen) atoms. The molecule has 1 aliphatic rings. The van der Waals surface area contributed by atoms with E-state index in [0.717, 1.165) is 0 Å². The van der Waals surface area contributed by atoms with Gasteiger partial charge in [0, 0.05) is 11.9 Å². The molecule has 1 fully saturated rings. The zero-order chi connectivity index (χ0) is 19.7. The number of carboxylic acids is 1. The van der Waals surface area contributed by atoms with Gasteiger partial charge in [-0.1, -0.05) is 0 Å². The first kappa shape index (κ1) is 18.8. The number of methoxy groups -OCH3 is 2. The van der Waals surface area contributed by atoms with E-state index < -0.39 is 23.5 Å². The summed E-state index contributed by atoms with van der Waals surface area (Å²) in [6.07, 6.45) is 0.844. The molecule has 0 unspecified atom stereocenters. The van der Waals surface area contributed by atoms with Gasteiger partial charge in [0.15, 0.2) is 11.3 Å². The van der Waals surface area contributed by atoms with Crippen LogP contribution in [0.5, 0.6) is 11.5 Å². The van der Waals surface area contributed by atoms with E-state index in [1.165, 1.54) is 19.1 Å². The standard InChI is InChI=1S/C19H21NO7/c1-10-11-6-7-14(25-2)17(26-3)16(11)27-19(24)12(10)9-15(21)20-8-4-5-13(20)18(22)23/h6-7,13H,4-5,8-9H2,1-3H3,(H,22,23)/t13-/m0/s1. The molecule has 1 aromatic carbocycles. The van der Waals surface area contributed by atoms with E-state index in [2.05, 4.69) is 0 Å². The van der Waals surface area contributed by atoms with E-state index in [-0.39, 0.29) is 17.6 Å². The molecule has 0 bridgehead atoms.